The Bertz CT molecular complexity index is 729. The minimum atomic E-state index is -3.56. The minimum Gasteiger partial charge on any atom is -0.266 e. The van der Waals surface area contributed by atoms with E-state index >= 15 is 0 Å². The Morgan fingerprint density at radius 3 is 2.55 bits per heavy atom. The van der Waals surface area contributed by atoms with Crippen LogP contribution in [0.25, 0.3) is 0 Å². The fraction of sp³-hybridized carbons (Fsp3) is 0.200. The van der Waals surface area contributed by atoms with E-state index in [1.165, 1.54) is 10.4 Å². The molecule has 0 aromatic heterocycles. The predicted octanol–water partition coefficient (Wildman–Crippen LogP) is 2.72. The van der Waals surface area contributed by atoms with Gasteiger partial charge in [0, 0.05) is 6.54 Å². The van der Waals surface area contributed by atoms with Crippen molar-refractivity contribution in [3.05, 3.63) is 65.5 Å². The Morgan fingerprint density at radius 2 is 1.80 bits per heavy atom. The van der Waals surface area contributed by atoms with E-state index in [9.17, 15) is 12.8 Å². The van der Waals surface area contributed by atoms with Gasteiger partial charge in [-0.25, -0.2) is 12.8 Å². The summed E-state index contributed by atoms with van der Waals surface area (Å²) in [5.74, 6) is -0.585. The Hall–Kier alpha value is -1.88. The molecule has 0 fully saturated rings. The van der Waals surface area contributed by atoms with Crippen LogP contribution in [-0.4, -0.2) is 15.0 Å². The van der Waals surface area contributed by atoms with E-state index in [0.717, 1.165) is 5.56 Å². The third-order valence-electron chi connectivity index (χ3n) is 3.43. The maximum Gasteiger partial charge on any atom is 0.239 e. The van der Waals surface area contributed by atoms with Crippen molar-refractivity contribution < 1.29 is 12.8 Å². The fourth-order valence-electron chi connectivity index (χ4n) is 2.52. The molecular weight excluding hydrogens is 277 g/mol. The number of halogens is 1. The predicted molar refractivity (Wildman–Crippen MR) is 76.5 cm³/mol. The van der Waals surface area contributed by atoms with E-state index < -0.39 is 15.8 Å². The van der Waals surface area contributed by atoms with E-state index in [1.807, 2.05) is 6.07 Å². The number of nitrogens with zero attached hydrogens (tertiary/aromatic N) is 1. The summed E-state index contributed by atoms with van der Waals surface area (Å²) in [5, 5.41) is 0. The lowest BCUT2D eigenvalue weighted by molar-refractivity contribution is 0.587. The van der Waals surface area contributed by atoms with Crippen LogP contribution in [0.15, 0.2) is 48.5 Å². The summed E-state index contributed by atoms with van der Waals surface area (Å²) in [7, 11) is -3.56. The van der Waals surface area contributed by atoms with Crippen LogP contribution in [-0.2, 0) is 22.2 Å². The van der Waals surface area contributed by atoms with E-state index in [4.69, 9.17) is 0 Å². The van der Waals surface area contributed by atoms with E-state index in [1.54, 1.807) is 36.4 Å². The molecule has 20 heavy (non-hydrogen) atoms. The van der Waals surface area contributed by atoms with Crippen molar-refractivity contribution in [2.24, 2.45) is 0 Å². The molecule has 5 heteroatoms. The van der Waals surface area contributed by atoms with Gasteiger partial charge in [0.15, 0.2) is 0 Å². The molecule has 0 N–H and O–H groups in total. The smallest absolute Gasteiger partial charge is 0.239 e. The Morgan fingerprint density at radius 1 is 1.05 bits per heavy atom. The number of rotatable bonds is 3. The molecule has 0 aliphatic carbocycles. The molecule has 0 saturated heterocycles. The zero-order valence-corrected chi connectivity index (χ0v) is 11.6. The summed E-state index contributed by atoms with van der Waals surface area (Å²) < 4.78 is 40.1. The lowest BCUT2D eigenvalue weighted by atomic mass is 10.2. The van der Waals surface area contributed by atoms with Crippen molar-refractivity contribution in [3.63, 3.8) is 0 Å². The first-order chi connectivity index (χ1) is 9.58. The Kier molecular flexibility index (Phi) is 3.22. The highest BCUT2D eigenvalue weighted by molar-refractivity contribution is 7.92. The SMILES string of the molecule is O=S(=O)(Cc1ccccc1)N1CCc2cccc(F)c21. The summed E-state index contributed by atoms with van der Waals surface area (Å²) in [6.45, 7) is 0.311. The first-order valence-corrected chi connectivity index (χ1v) is 8.00. The molecule has 3 rings (SSSR count). The minimum absolute atomic E-state index is 0.110. The molecule has 0 atom stereocenters. The highest BCUT2D eigenvalue weighted by Gasteiger charge is 2.31. The number of hydrogen-bond acceptors (Lipinski definition) is 2. The molecule has 1 aliphatic heterocycles. The average Bonchev–Trinajstić information content (AvgIpc) is 2.85. The molecule has 0 unspecified atom stereocenters. The Labute approximate surface area is 117 Å². The van der Waals surface area contributed by atoms with Gasteiger partial charge < -0.3 is 0 Å². The van der Waals surface area contributed by atoms with Crippen molar-refractivity contribution in [2.75, 3.05) is 10.8 Å². The zero-order chi connectivity index (χ0) is 14.2. The van der Waals surface area contributed by atoms with Crippen LogP contribution in [0.4, 0.5) is 10.1 Å². The van der Waals surface area contributed by atoms with Crippen LogP contribution < -0.4 is 4.31 Å². The highest BCUT2D eigenvalue weighted by atomic mass is 32.2. The number of benzene rings is 2. The number of fused-ring (bicyclic) bond motifs is 1. The maximum atomic E-state index is 13.9. The number of sulfonamides is 1. The topological polar surface area (TPSA) is 37.4 Å². The molecule has 0 saturated carbocycles. The molecule has 1 heterocycles. The standard InChI is InChI=1S/C15H14FNO2S/c16-14-8-4-7-13-9-10-17(15(13)14)20(18,19)11-12-5-2-1-3-6-12/h1-8H,9-11H2. The largest absolute Gasteiger partial charge is 0.266 e. The van der Waals surface area contributed by atoms with Crippen molar-refractivity contribution in [2.45, 2.75) is 12.2 Å². The lowest BCUT2D eigenvalue weighted by Crippen LogP contribution is -2.30. The molecule has 0 bridgehead atoms. The normalized spacial score (nSPS) is 14.3. The average molecular weight is 291 g/mol. The van der Waals surface area contributed by atoms with Gasteiger partial charge in [-0.05, 0) is 23.6 Å². The second-order valence-electron chi connectivity index (χ2n) is 4.81. The monoisotopic (exact) mass is 291 g/mol. The summed E-state index contributed by atoms with van der Waals surface area (Å²) in [4.78, 5) is 0. The van der Waals surface area contributed by atoms with Crippen molar-refractivity contribution >= 4 is 15.7 Å². The summed E-state index contributed by atoms with van der Waals surface area (Å²) in [6.07, 6.45) is 0.557. The molecule has 0 radical (unpaired) electrons. The number of hydrogen-bond donors (Lipinski definition) is 0. The van der Waals surface area contributed by atoms with Crippen LogP contribution in [0.1, 0.15) is 11.1 Å². The van der Waals surface area contributed by atoms with Gasteiger partial charge in [-0.1, -0.05) is 42.5 Å². The third kappa shape index (κ3) is 2.29. The Balaban J connectivity index is 1.95. The molecule has 0 amide bonds. The molecular formula is C15H14FNO2S. The van der Waals surface area contributed by atoms with Gasteiger partial charge in [-0.15, -0.1) is 0 Å². The van der Waals surface area contributed by atoms with Gasteiger partial charge >= 0.3 is 0 Å². The first-order valence-electron chi connectivity index (χ1n) is 6.40. The summed E-state index contributed by atoms with van der Waals surface area (Å²) in [5.41, 5.74) is 1.67. The maximum absolute atomic E-state index is 13.9. The van der Waals surface area contributed by atoms with Crippen molar-refractivity contribution in [3.8, 4) is 0 Å². The lowest BCUT2D eigenvalue weighted by Gasteiger charge is -2.20. The van der Waals surface area contributed by atoms with Crippen LogP contribution in [0.2, 0.25) is 0 Å². The highest BCUT2D eigenvalue weighted by Crippen LogP contribution is 2.33. The van der Waals surface area contributed by atoms with Gasteiger partial charge in [0.05, 0.1) is 11.4 Å². The molecule has 2 aromatic carbocycles. The fourth-order valence-corrected chi connectivity index (χ4v) is 4.14. The van der Waals surface area contributed by atoms with Crippen LogP contribution in [0.5, 0.6) is 0 Å². The van der Waals surface area contributed by atoms with E-state index in [0.29, 0.717) is 18.5 Å². The quantitative estimate of drug-likeness (QED) is 0.872. The first kappa shape index (κ1) is 13.1. The summed E-state index contributed by atoms with van der Waals surface area (Å²) >= 11 is 0. The molecule has 104 valence electrons. The van der Waals surface area contributed by atoms with Crippen LogP contribution in [0.3, 0.4) is 0 Å². The van der Waals surface area contributed by atoms with Gasteiger partial charge in [0.2, 0.25) is 10.0 Å². The molecule has 3 nitrogen and oxygen atoms in total. The zero-order valence-electron chi connectivity index (χ0n) is 10.8. The second kappa shape index (κ2) is 4.90. The third-order valence-corrected chi connectivity index (χ3v) is 5.17. The van der Waals surface area contributed by atoms with Gasteiger partial charge in [-0.2, -0.15) is 0 Å². The van der Waals surface area contributed by atoms with Crippen molar-refractivity contribution in [1.82, 2.24) is 0 Å². The molecule has 2 aromatic rings. The van der Waals surface area contributed by atoms with Gasteiger partial charge in [-0.3, -0.25) is 4.31 Å². The van der Waals surface area contributed by atoms with Crippen molar-refractivity contribution in [1.29, 1.82) is 0 Å². The molecule has 1 aliphatic rings. The van der Waals surface area contributed by atoms with E-state index in [-0.39, 0.29) is 11.4 Å². The van der Waals surface area contributed by atoms with Crippen LogP contribution in [0, 0.1) is 5.82 Å². The molecule has 0 spiro atoms. The van der Waals surface area contributed by atoms with Crippen LogP contribution >= 0.6 is 0 Å². The van der Waals surface area contributed by atoms with Gasteiger partial charge in [0.25, 0.3) is 0 Å². The number of anilines is 1. The number of para-hydroxylation sites is 1. The second-order valence-corrected chi connectivity index (χ2v) is 6.70. The van der Waals surface area contributed by atoms with E-state index in [2.05, 4.69) is 0 Å². The van der Waals surface area contributed by atoms with Gasteiger partial charge in [0.1, 0.15) is 5.82 Å². The summed E-state index contributed by atoms with van der Waals surface area (Å²) in [6, 6.07) is 13.6.